The predicted molar refractivity (Wildman–Crippen MR) is 55.3 cm³/mol. The maximum atomic E-state index is 5.59. The first-order chi connectivity index (χ1) is 7.45. The van der Waals surface area contributed by atoms with Gasteiger partial charge in [0.05, 0.1) is 19.8 Å². The lowest BCUT2D eigenvalue weighted by atomic mass is 10.3. The van der Waals surface area contributed by atoms with E-state index in [0.29, 0.717) is 0 Å². The highest BCUT2D eigenvalue weighted by atomic mass is 16.7. The molecule has 1 aromatic heterocycles. The number of aryl methyl sites for hydroxylation is 1. The predicted octanol–water partition coefficient (Wildman–Crippen LogP) is 0.606. The van der Waals surface area contributed by atoms with Gasteiger partial charge in [0, 0.05) is 31.9 Å². The van der Waals surface area contributed by atoms with Crippen molar-refractivity contribution in [3.8, 4) is 0 Å². The molecular formula is C10H17N3O2. The summed E-state index contributed by atoms with van der Waals surface area (Å²) in [6.45, 7) is 4.05. The van der Waals surface area contributed by atoms with Gasteiger partial charge in [-0.1, -0.05) is 0 Å². The highest BCUT2D eigenvalue weighted by Crippen LogP contribution is 2.00. The molecular weight excluding hydrogens is 194 g/mol. The van der Waals surface area contributed by atoms with Gasteiger partial charge in [0.15, 0.2) is 0 Å². The number of nitrogens with zero attached hydrogens (tertiary/aromatic N) is 2. The Balaban J connectivity index is 1.54. The molecule has 0 spiro atoms. The molecule has 15 heavy (non-hydrogen) atoms. The Labute approximate surface area is 89.3 Å². The minimum Gasteiger partial charge on any atom is -0.379 e. The van der Waals surface area contributed by atoms with E-state index in [-0.39, 0.29) is 0 Å². The van der Waals surface area contributed by atoms with E-state index in [1.165, 1.54) is 0 Å². The minimum atomic E-state index is 0.751. The van der Waals surface area contributed by atoms with E-state index >= 15 is 0 Å². The number of aromatic nitrogens is 2. The Bertz CT molecular complexity index is 258. The first kappa shape index (κ1) is 10.6. The maximum absolute atomic E-state index is 5.59. The van der Waals surface area contributed by atoms with Gasteiger partial charge in [-0.2, -0.15) is 5.06 Å². The number of hydroxylamine groups is 2. The minimum absolute atomic E-state index is 0.751. The van der Waals surface area contributed by atoms with E-state index in [2.05, 4.69) is 9.97 Å². The second-order valence-electron chi connectivity index (χ2n) is 3.51. The summed E-state index contributed by atoms with van der Waals surface area (Å²) in [5.74, 6) is 1.03. The van der Waals surface area contributed by atoms with Crippen LogP contribution in [0.15, 0.2) is 12.4 Å². The normalized spacial score (nSPS) is 18.1. The summed E-state index contributed by atoms with van der Waals surface area (Å²) in [7, 11) is 0. The zero-order chi connectivity index (χ0) is 10.3. The van der Waals surface area contributed by atoms with Gasteiger partial charge in [0.25, 0.3) is 0 Å². The summed E-state index contributed by atoms with van der Waals surface area (Å²) in [4.78, 5) is 12.8. The van der Waals surface area contributed by atoms with Gasteiger partial charge in [0.2, 0.25) is 0 Å². The van der Waals surface area contributed by atoms with E-state index in [1.807, 2.05) is 11.3 Å². The quantitative estimate of drug-likeness (QED) is 0.725. The van der Waals surface area contributed by atoms with Crippen molar-refractivity contribution in [1.82, 2.24) is 15.0 Å². The molecule has 5 nitrogen and oxygen atoms in total. The Kier molecular flexibility index (Phi) is 4.13. The van der Waals surface area contributed by atoms with Crippen LogP contribution in [0.2, 0.25) is 0 Å². The molecule has 5 heteroatoms. The van der Waals surface area contributed by atoms with Gasteiger partial charge < -0.3 is 9.72 Å². The fourth-order valence-corrected chi connectivity index (χ4v) is 1.54. The summed E-state index contributed by atoms with van der Waals surface area (Å²) in [6.07, 6.45) is 5.55. The molecule has 0 bridgehead atoms. The third-order valence-electron chi connectivity index (χ3n) is 2.36. The molecule has 84 valence electrons. The second kappa shape index (κ2) is 5.85. The number of aromatic amines is 1. The van der Waals surface area contributed by atoms with Gasteiger partial charge in [-0.25, -0.2) is 4.98 Å². The number of hydrogen-bond donors (Lipinski definition) is 1. The monoisotopic (exact) mass is 211 g/mol. The second-order valence-corrected chi connectivity index (χ2v) is 3.51. The molecule has 0 aliphatic carbocycles. The summed E-state index contributed by atoms with van der Waals surface area (Å²) in [6, 6.07) is 0. The summed E-state index contributed by atoms with van der Waals surface area (Å²) < 4.78 is 5.23. The summed E-state index contributed by atoms with van der Waals surface area (Å²) in [5, 5.41) is 1.98. The molecule has 0 amide bonds. The van der Waals surface area contributed by atoms with E-state index in [4.69, 9.17) is 9.57 Å². The van der Waals surface area contributed by atoms with E-state index in [1.54, 1.807) is 6.20 Å². The molecule has 2 rings (SSSR count). The third kappa shape index (κ3) is 3.62. The fourth-order valence-electron chi connectivity index (χ4n) is 1.54. The molecule has 1 fully saturated rings. The molecule has 1 aromatic rings. The largest absolute Gasteiger partial charge is 0.379 e. The first-order valence-electron chi connectivity index (χ1n) is 5.39. The zero-order valence-electron chi connectivity index (χ0n) is 8.82. The molecule has 1 aliphatic heterocycles. The van der Waals surface area contributed by atoms with Crippen molar-refractivity contribution in [2.24, 2.45) is 0 Å². The van der Waals surface area contributed by atoms with Crippen molar-refractivity contribution in [3.05, 3.63) is 18.2 Å². The highest BCUT2D eigenvalue weighted by Gasteiger charge is 2.09. The average Bonchev–Trinajstić information content (AvgIpc) is 2.79. The fraction of sp³-hybridized carbons (Fsp3) is 0.700. The lowest BCUT2D eigenvalue weighted by Crippen LogP contribution is -2.36. The van der Waals surface area contributed by atoms with Crippen molar-refractivity contribution in [1.29, 1.82) is 0 Å². The molecule has 0 atom stereocenters. The van der Waals surface area contributed by atoms with Crippen molar-refractivity contribution in [2.45, 2.75) is 12.8 Å². The lowest BCUT2D eigenvalue weighted by Gasteiger charge is -2.25. The number of rotatable bonds is 5. The highest BCUT2D eigenvalue weighted by molar-refractivity contribution is 4.86. The first-order valence-corrected chi connectivity index (χ1v) is 5.39. The van der Waals surface area contributed by atoms with Crippen molar-refractivity contribution in [3.63, 3.8) is 0 Å². The van der Waals surface area contributed by atoms with Crippen LogP contribution in [0.4, 0.5) is 0 Å². The van der Waals surface area contributed by atoms with E-state index in [0.717, 1.165) is 51.6 Å². The Morgan fingerprint density at radius 3 is 3.07 bits per heavy atom. The average molecular weight is 211 g/mol. The maximum Gasteiger partial charge on any atom is 0.106 e. The zero-order valence-corrected chi connectivity index (χ0v) is 8.82. The Morgan fingerprint density at radius 1 is 1.47 bits per heavy atom. The molecule has 2 heterocycles. The molecule has 0 saturated carbocycles. The number of ether oxygens (including phenoxy) is 1. The van der Waals surface area contributed by atoms with Crippen molar-refractivity contribution < 1.29 is 9.57 Å². The molecule has 1 aliphatic rings. The SMILES string of the molecule is c1c[nH]c(CCCON2CCOCC2)n1. The van der Waals surface area contributed by atoms with Crippen LogP contribution >= 0.6 is 0 Å². The van der Waals surface area contributed by atoms with Gasteiger partial charge in [-0.3, -0.25) is 4.84 Å². The van der Waals surface area contributed by atoms with Crippen LogP contribution in [0, 0.1) is 0 Å². The summed E-state index contributed by atoms with van der Waals surface area (Å²) >= 11 is 0. The topological polar surface area (TPSA) is 50.4 Å². The Morgan fingerprint density at radius 2 is 2.33 bits per heavy atom. The van der Waals surface area contributed by atoms with Gasteiger partial charge >= 0.3 is 0 Å². The number of nitrogens with one attached hydrogen (secondary N) is 1. The van der Waals surface area contributed by atoms with Gasteiger partial charge in [-0.05, 0) is 6.42 Å². The number of H-pyrrole nitrogens is 1. The summed E-state index contributed by atoms with van der Waals surface area (Å²) in [5.41, 5.74) is 0. The standard InChI is InChI=1S/C10H17N3O2/c1(2-10-11-3-4-12-10)7-15-13-5-8-14-9-6-13/h3-4H,1-2,5-9H2,(H,11,12). The van der Waals surface area contributed by atoms with Crippen LogP contribution < -0.4 is 0 Å². The molecule has 0 unspecified atom stereocenters. The van der Waals surface area contributed by atoms with Crippen LogP contribution in [-0.2, 0) is 16.0 Å². The van der Waals surface area contributed by atoms with Crippen molar-refractivity contribution in [2.75, 3.05) is 32.9 Å². The van der Waals surface area contributed by atoms with Crippen LogP contribution in [-0.4, -0.2) is 47.9 Å². The van der Waals surface area contributed by atoms with Crippen molar-refractivity contribution >= 4 is 0 Å². The van der Waals surface area contributed by atoms with Crippen LogP contribution in [0.1, 0.15) is 12.2 Å². The number of imidazole rings is 1. The lowest BCUT2D eigenvalue weighted by molar-refractivity contribution is -0.194. The Hall–Kier alpha value is -0.910. The van der Waals surface area contributed by atoms with E-state index in [9.17, 15) is 0 Å². The molecule has 1 saturated heterocycles. The van der Waals surface area contributed by atoms with Crippen LogP contribution in [0.5, 0.6) is 0 Å². The van der Waals surface area contributed by atoms with Crippen LogP contribution in [0.25, 0.3) is 0 Å². The molecule has 1 N–H and O–H groups in total. The van der Waals surface area contributed by atoms with Gasteiger partial charge in [0.1, 0.15) is 5.82 Å². The van der Waals surface area contributed by atoms with Crippen LogP contribution in [0.3, 0.4) is 0 Å². The van der Waals surface area contributed by atoms with Gasteiger partial charge in [-0.15, -0.1) is 0 Å². The van der Waals surface area contributed by atoms with E-state index < -0.39 is 0 Å². The third-order valence-corrected chi connectivity index (χ3v) is 2.36. The molecule has 0 radical (unpaired) electrons. The number of morpholine rings is 1. The smallest absolute Gasteiger partial charge is 0.106 e. The molecule has 0 aromatic carbocycles. The number of hydrogen-bond acceptors (Lipinski definition) is 4.